The van der Waals surface area contributed by atoms with E-state index in [0.717, 1.165) is 18.4 Å². The molecule has 10 heteroatoms. The lowest BCUT2D eigenvalue weighted by Gasteiger charge is -2.26. The van der Waals surface area contributed by atoms with E-state index >= 15 is 0 Å². The third-order valence-corrected chi connectivity index (χ3v) is 4.86. The molecule has 2 aromatic rings. The molecule has 0 fully saturated rings. The Kier molecular flexibility index (Phi) is 6.97. The Balaban J connectivity index is 2.21. The van der Waals surface area contributed by atoms with E-state index in [1.54, 1.807) is 19.0 Å². The molecule has 152 valence electrons. The zero-order valence-electron chi connectivity index (χ0n) is 15.5. The van der Waals surface area contributed by atoms with Gasteiger partial charge in [-0.15, -0.1) is 0 Å². The van der Waals surface area contributed by atoms with Gasteiger partial charge in [0.15, 0.2) is 0 Å². The molecule has 0 aromatic heterocycles. The van der Waals surface area contributed by atoms with Gasteiger partial charge in [-0.3, -0.25) is 9.52 Å². The number of amides is 1. The Labute approximate surface area is 167 Å². The maximum atomic E-state index is 14.1. The van der Waals surface area contributed by atoms with Gasteiger partial charge in [0.05, 0.1) is 23.0 Å². The fourth-order valence-electron chi connectivity index (χ4n) is 2.61. The molecule has 0 aliphatic carbocycles. The lowest BCUT2D eigenvalue weighted by atomic mass is 10.0. The van der Waals surface area contributed by atoms with Crippen LogP contribution in [0.3, 0.4) is 0 Å². The van der Waals surface area contributed by atoms with Gasteiger partial charge < -0.3 is 10.2 Å². The lowest BCUT2D eigenvalue weighted by molar-refractivity contribution is 0.0940. The summed E-state index contributed by atoms with van der Waals surface area (Å²) in [7, 11) is -0.305. The SMILES string of the molecule is CN(C)C(CNC(=O)c1ccc(Cl)c(NS(C)(=O)=O)c1)c1c(F)cccc1F. The van der Waals surface area contributed by atoms with Crippen molar-refractivity contribution in [3.63, 3.8) is 0 Å². The summed E-state index contributed by atoms with van der Waals surface area (Å²) in [5, 5.41) is 2.74. The van der Waals surface area contributed by atoms with Crippen LogP contribution in [0.2, 0.25) is 5.02 Å². The van der Waals surface area contributed by atoms with Gasteiger partial charge >= 0.3 is 0 Å². The summed E-state index contributed by atoms with van der Waals surface area (Å²) in [6.45, 7) is -0.0683. The molecule has 2 N–H and O–H groups in total. The molecular formula is C18H20ClF2N3O3S. The van der Waals surface area contributed by atoms with Crippen molar-refractivity contribution >= 4 is 33.2 Å². The van der Waals surface area contributed by atoms with Crippen molar-refractivity contribution in [1.82, 2.24) is 10.2 Å². The molecule has 0 heterocycles. The largest absolute Gasteiger partial charge is 0.350 e. The molecular weight excluding hydrogens is 412 g/mol. The molecule has 0 bridgehead atoms. The highest BCUT2D eigenvalue weighted by atomic mass is 35.5. The Morgan fingerprint density at radius 2 is 1.79 bits per heavy atom. The van der Waals surface area contributed by atoms with Crippen LogP contribution in [0.4, 0.5) is 14.5 Å². The summed E-state index contributed by atoms with van der Waals surface area (Å²) in [6, 6.07) is 6.91. The second-order valence-electron chi connectivity index (χ2n) is 6.39. The van der Waals surface area contributed by atoms with Crippen LogP contribution in [0.5, 0.6) is 0 Å². The van der Waals surface area contributed by atoms with E-state index in [0.29, 0.717) is 0 Å². The van der Waals surface area contributed by atoms with Crippen LogP contribution in [0, 0.1) is 11.6 Å². The van der Waals surface area contributed by atoms with Gasteiger partial charge in [-0.1, -0.05) is 17.7 Å². The van der Waals surface area contributed by atoms with Gasteiger partial charge in [-0.2, -0.15) is 0 Å². The molecule has 0 aliphatic rings. The minimum Gasteiger partial charge on any atom is -0.350 e. The molecule has 0 saturated carbocycles. The third-order valence-electron chi connectivity index (χ3n) is 3.94. The minimum absolute atomic E-state index is 0.0566. The zero-order chi connectivity index (χ0) is 21.1. The normalized spacial score (nSPS) is 12.7. The van der Waals surface area contributed by atoms with E-state index in [2.05, 4.69) is 10.0 Å². The van der Waals surface area contributed by atoms with E-state index in [-0.39, 0.29) is 28.4 Å². The summed E-state index contributed by atoms with van der Waals surface area (Å²) >= 11 is 5.94. The van der Waals surface area contributed by atoms with Gasteiger partial charge in [0.2, 0.25) is 10.0 Å². The highest BCUT2D eigenvalue weighted by molar-refractivity contribution is 7.92. The van der Waals surface area contributed by atoms with E-state index < -0.39 is 33.6 Å². The number of nitrogens with zero attached hydrogens (tertiary/aromatic N) is 1. The monoisotopic (exact) mass is 431 g/mol. The first kappa shape index (κ1) is 22.1. The smallest absolute Gasteiger partial charge is 0.251 e. The highest BCUT2D eigenvalue weighted by Gasteiger charge is 2.23. The molecule has 1 atom stereocenters. The van der Waals surface area contributed by atoms with Gasteiger partial charge in [-0.05, 0) is 44.4 Å². The summed E-state index contributed by atoms with van der Waals surface area (Å²) < 4.78 is 53.2. The van der Waals surface area contributed by atoms with Crippen LogP contribution < -0.4 is 10.0 Å². The van der Waals surface area contributed by atoms with Crippen molar-refractivity contribution < 1.29 is 22.0 Å². The van der Waals surface area contributed by atoms with Crippen molar-refractivity contribution in [2.45, 2.75) is 6.04 Å². The molecule has 2 aromatic carbocycles. The average molecular weight is 432 g/mol. The summed E-state index contributed by atoms with van der Waals surface area (Å²) in [5.41, 5.74) is 0.0477. The topological polar surface area (TPSA) is 78.5 Å². The first-order valence-electron chi connectivity index (χ1n) is 8.15. The number of halogens is 3. The maximum absolute atomic E-state index is 14.1. The van der Waals surface area contributed by atoms with Gasteiger partial charge in [0.1, 0.15) is 11.6 Å². The molecule has 2 rings (SSSR count). The number of anilines is 1. The Morgan fingerprint density at radius 1 is 1.18 bits per heavy atom. The third kappa shape index (κ3) is 5.63. The number of hydrogen-bond donors (Lipinski definition) is 2. The van der Waals surface area contributed by atoms with Crippen molar-refractivity contribution in [2.24, 2.45) is 0 Å². The average Bonchev–Trinajstić information content (AvgIpc) is 2.57. The van der Waals surface area contributed by atoms with Crippen molar-refractivity contribution in [1.29, 1.82) is 0 Å². The number of carbonyl (C=O) groups excluding carboxylic acids is 1. The molecule has 1 amide bonds. The lowest BCUT2D eigenvalue weighted by Crippen LogP contribution is -2.35. The predicted molar refractivity (Wildman–Crippen MR) is 105 cm³/mol. The van der Waals surface area contributed by atoms with Crippen LogP contribution in [0.25, 0.3) is 0 Å². The Morgan fingerprint density at radius 3 is 2.32 bits per heavy atom. The van der Waals surface area contributed by atoms with Crippen LogP contribution >= 0.6 is 11.6 Å². The van der Waals surface area contributed by atoms with Gasteiger partial charge in [0.25, 0.3) is 5.91 Å². The van der Waals surface area contributed by atoms with Crippen LogP contribution in [-0.2, 0) is 10.0 Å². The number of hydrogen-bond acceptors (Lipinski definition) is 4. The Hall–Kier alpha value is -2.23. The second-order valence-corrected chi connectivity index (χ2v) is 8.55. The first-order chi connectivity index (χ1) is 13.0. The minimum atomic E-state index is -3.58. The number of sulfonamides is 1. The zero-order valence-corrected chi connectivity index (χ0v) is 17.0. The summed E-state index contributed by atoms with van der Waals surface area (Å²) in [5.74, 6) is -1.96. The van der Waals surface area contributed by atoms with Crippen LogP contribution in [-0.4, -0.2) is 46.1 Å². The second kappa shape index (κ2) is 8.85. The Bertz CT molecular complexity index is 964. The number of benzene rings is 2. The van der Waals surface area contributed by atoms with Crippen LogP contribution in [0.15, 0.2) is 36.4 Å². The van der Waals surface area contributed by atoms with E-state index in [4.69, 9.17) is 11.6 Å². The van der Waals surface area contributed by atoms with E-state index in [1.807, 2.05) is 0 Å². The fourth-order valence-corrected chi connectivity index (χ4v) is 3.40. The quantitative estimate of drug-likeness (QED) is 0.706. The summed E-state index contributed by atoms with van der Waals surface area (Å²) in [4.78, 5) is 14.0. The van der Waals surface area contributed by atoms with Crippen molar-refractivity contribution in [3.8, 4) is 0 Å². The predicted octanol–water partition coefficient (Wildman–Crippen LogP) is 3.02. The number of nitrogens with one attached hydrogen (secondary N) is 2. The molecule has 28 heavy (non-hydrogen) atoms. The molecule has 1 unspecified atom stereocenters. The number of carbonyl (C=O) groups is 1. The molecule has 0 aliphatic heterocycles. The summed E-state index contributed by atoms with van der Waals surface area (Å²) in [6.07, 6.45) is 0.959. The fraction of sp³-hybridized carbons (Fsp3) is 0.278. The van der Waals surface area contributed by atoms with Crippen LogP contribution in [0.1, 0.15) is 22.0 Å². The van der Waals surface area contributed by atoms with Crippen molar-refractivity contribution in [2.75, 3.05) is 31.6 Å². The first-order valence-corrected chi connectivity index (χ1v) is 10.4. The molecule has 0 radical (unpaired) electrons. The number of likely N-dealkylation sites (N-methyl/N-ethyl adjacent to an activating group) is 1. The highest BCUT2D eigenvalue weighted by Crippen LogP contribution is 2.25. The molecule has 6 nitrogen and oxygen atoms in total. The van der Waals surface area contributed by atoms with E-state index in [9.17, 15) is 22.0 Å². The van der Waals surface area contributed by atoms with Gasteiger partial charge in [0, 0.05) is 17.7 Å². The van der Waals surface area contributed by atoms with E-state index in [1.165, 1.54) is 24.3 Å². The van der Waals surface area contributed by atoms with Gasteiger partial charge in [-0.25, -0.2) is 17.2 Å². The number of rotatable bonds is 7. The standard InChI is InChI=1S/C18H20ClF2N3O3S/c1-24(2)16(17-13(20)5-4-6-14(17)21)10-22-18(25)11-7-8-12(19)15(9-11)23-28(3,26)27/h4-9,16,23H,10H2,1-3H3,(H,22,25). The van der Waals surface area contributed by atoms with Crippen molar-refractivity contribution in [3.05, 3.63) is 64.2 Å². The molecule has 0 saturated heterocycles. The maximum Gasteiger partial charge on any atom is 0.251 e. The molecule has 0 spiro atoms.